The number of rotatable bonds is 3. The number of guanidine groups is 1. The second kappa shape index (κ2) is 5.86. The van der Waals surface area contributed by atoms with Crippen molar-refractivity contribution < 1.29 is 9.59 Å². The van der Waals surface area contributed by atoms with Gasteiger partial charge in [-0.05, 0) is 25.5 Å². The fourth-order valence-corrected chi connectivity index (χ4v) is 3.95. The van der Waals surface area contributed by atoms with E-state index in [1.165, 1.54) is 4.90 Å². The summed E-state index contributed by atoms with van der Waals surface area (Å²) in [5.41, 5.74) is 3.03. The summed E-state index contributed by atoms with van der Waals surface area (Å²) < 4.78 is 0. The van der Waals surface area contributed by atoms with Crippen molar-refractivity contribution in [3.05, 3.63) is 42.0 Å². The molecule has 2 fully saturated rings. The maximum absolute atomic E-state index is 13.1. The first-order valence-corrected chi connectivity index (χ1v) is 8.80. The van der Waals surface area contributed by atoms with Crippen LogP contribution in [-0.4, -0.2) is 71.5 Å². The summed E-state index contributed by atoms with van der Waals surface area (Å²) in [6.45, 7) is 9.46. The number of urea groups is 1. The van der Waals surface area contributed by atoms with Gasteiger partial charge in [-0.3, -0.25) is 9.69 Å². The van der Waals surface area contributed by atoms with Crippen LogP contribution in [0.5, 0.6) is 0 Å². The van der Waals surface area contributed by atoms with Crippen molar-refractivity contribution in [2.45, 2.75) is 26.1 Å². The van der Waals surface area contributed by atoms with Gasteiger partial charge in [-0.2, -0.15) is 0 Å². The van der Waals surface area contributed by atoms with E-state index in [9.17, 15) is 9.59 Å². The molecule has 2 unspecified atom stereocenters. The van der Waals surface area contributed by atoms with Crippen LogP contribution in [0.4, 0.5) is 10.5 Å². The molecule has 2 atom stereocenters. The Labute approximate surface area is 153 Å². The molecule has 136 valence electrons. The van der Waals surface area contributed by atoms with Gasteiger partial charge in [0.25, 0.3) is 5.91 Å². The molecule has 7 nitrogen and oxygen atoms in total. The average molecular weight is 353 g/mol. The number of likely N-dealkylation sites (N-methyl/N-ethyl adjacent to an activating group) is 1. The Morgan fingerprint density at radius 1 is 1.27 bits per heavy atom. The SMILES string of the molecule is C=C(C)CN1C(=O)C2C(N=C3N(c4ccccc4C)CCN32)N(C)C1=O. The molecular formula is C19H23N5O2. The van der Waals surface area contributed by atoms with Gasteiger partial charge in [0.05, 0.1) is 6.54 Å². The maximum Gasteiger partial charge on any atom is 0.328 e. The summed E-state index contributed by atoms with van der Waals surface area (Å²) in [4.78, 5) is 37.5. The van der Waals surface area contributed by atoms with Crippen molar-refractivity contribution in [1.29, 1.82) is 0 Å². The van der Waals surface area contributed by atoms with Crippen LogP contribution in [-0.2, 0) is 4.79 Å². The minimum absolute atomic E-state index is 0.188. The fraction of sp³-hybridized carbons (Fsp3) is 0.421. The number of hydrogen-bond acceptors (Lipinski definition) is 5. The smallest absolute Gasteiger partial charge is 0.325 e. The van der Waals surface area contributed by atoms with E-state index in [2.05, 4.69) is 30.5 Å². The van der Waals surface area contributed by atoms with Gasteiger partial charge in [-0.1, -0.05) is 30.4 Å². The van der Waals surface area contributed by atoms with Gasteiger partial charge < -0.3 is 14.7 Å². The van der Waals surface area contributed by atoms with Crippen molar-refractivity contribution >= 4 is 23.6 Å². The molecule has 2 saturated heterocycles. The highest BCUT2D eigenvalue weighted by molar-refractivity contribution is 6.08. The molecule has 7 heteroatoms. The number of aryl methyl sites for hydroxylation is 1. The van der Waals surface area contributed by atoms with E-state index in [0.29, 0.717) is 6.54 Å². The van der Waals surface area contributed by atoms with Gasteiger partial charge in [0.15, 0.2) is 12.2 Å². The van der Waals surface area contributed by atoms with E-state index >= 15 is 0 Å². The van der Waals surface area contributed by atoms with E-state index in [0.717, 1.165) is 29.3 Å². The first-order valence-electron chi connectivity index (χ1n) is 8.80. The van der Waals surface area contributed by atoms with Gasteiger partial charge in [0, 0.05) is 25.8 Å². The lowest BCUT2D eigenvalue weighted by molar-refractivity contribution is -0.136. The van der Waals surface area contributed by atoms with Crippen molar-refractivity contribution in [3.8, 4) is 0 Å². The van der Waals surface area contributed by atoms with Crippen LogP contribution in [0.3, 0.4) is 0 Å². The largest absolute Gasteiger partial charge is 0.328 e. The first-order chi connectivity index (χ1) is 12.4. The zero-order chi connectivity index (χ0) is 18.6. The Morgan fingerprint density at radius 3 is 2.69 bits per heavy atom. The van der Waals surface area contributed by atoms with Crippen LogP contribution in [0.1, 0.15) is 12.5 Å². The number of carbonyl (C=O) groups is 2. The van der Waals surface area contributed by atoms with E-state index < -0.39 is 12.2 Å². The van der Waals surface area contributed by atoms with Gasteiger partial charge in [0.1, 0.15) is 0 Å². The summed E-state index contributed by atoms with van der Waals surface area (Å²) in [5.74, 6) is 0.589. The van der Waals surface area contributed by atoms with Crippen molar-refractivity contribution in [2.24, 2.45) is 4.99 Å². The van der Waals surface area contributed by atoms with Crippen molar-refractivity contribution in [2.75, 3.05) is 31.6 Å². The van der Waals surface area contributed by atoms with Gasteiger partial charge >= 0.3 is 6.03 Å². The van der Waals surface area contributed by atoms with Crippen molar-refractivity contribution in [3.63, 3.8) is 0 Å². The molecule has 3 amide bonds. The Bertz CT molecular complexity index is 833. The zero-order valence-electron chi connectivity index (χ0n) is 15.3. The van der Waals surface area contributed by atoms with E-state index in [4.69, 9.17) is 4.99 Å². The zero-order valence-corrected chi connectivity index (χ0v) is 15.3. The molecule has 1 aromatic rings. The number of imide groups is 1. The Morgan fingerprint density at radius 2 is 2.00 bits per heavy atom. The number of amides is 3. The van der Waals surface area contributed by atoms with Crippen LogP contribution in [0.15, 0.2) is 41.4 Å². The van der Waals surface area contributed by atoms with Crippen LogP contribution in [0, 0.1) is 6.92 Å². The highest BCUT2D eigenvalue weighted by Gasteiger charge is 2.54. The van der Waals surface area contributed by atoms with Crippen LogP contribution in [0.2, 0.25) is 0 Å². The number of anilines is 1. The third-order valence-electron chi connectivity index (χ3n) is 5.21. The molecule has 0 radical (unpaired) electrons. The van der Waals surface area contributed by atoms with E-state index in [1.54, 1.807) is 11.9 Å². The lowest BCUT2D eigenvalue weighted by Gasteiger charge is -2.40. The molecule has 26 heavy (non-hydrogen) atoms. The number of hydrogen-bond donors (Lipinski definition) is 0. The molecule has 0 aliphatic carbocycles. The Kier molecular flexibility index (Phi) is 3.75. The fourth-order valence-electron chi connectivity index (χ4n) is 3.95. The number of nitrogens with zero attached hydrogens (tertiary/aromatic N) is 5. The lowest BCUT2D eigenvalue weighted by atomic mass is 10.1. The molecule has 0 N–H and O–H groups in total. The molecule has 3 aliphatic rings. The Balaban J connectivity index is 1.69. The molecule has 3 aliphatic heterocycles. The van der Waals surface area contributed by atoms with Gasteiger partial charge in [-0.25, -0.2) is 9.79 Å². The van der Waals surface area contributed by atoms with Gasteiger partial charge in [-0.15, -0.1) is 0 Å². The lowest BCUT2D eigenvalue weighted by Crippen LogP contribution is -2.65. The third-order valence-corrected chi connectivity index (χ3v) is 5.21. The third kappa shape index (κ3) is 2.30. The number of carbonyl (C=O) groups excluding carboxylic acids is 2. The Hall–Kier alpha value is -2.83. The van der Waals surface area contributed by atoms with Crippen LogP contribution >= 0.6 is 0 Å². The second-order valence-corrected chi connectivity index (χ2v) is 7.19. The minimum Gasteiger partial charge on any atom is -0.325 e. The molecule has 0 aromatic heterocycles. The molecule has 3 heterocycles. The highest BCUT2D eigenvalue weighted by atomic mass is 16.2. The minimum atomic E-state index is -0.474. The number of fused-ring (bicyclic) bond motifs is 3. The van der Waals surface area contributed by atoms with Gasteiger partial charge in [0.2, 0.25) is 5.96 Å². The molecule has 4 rings (SSSR count). The molecule has 1 aromatic carbocycles. The summed E-state index contributed by atoms with van der Waals surface area (Å²) in [6, 6.07) is 7.37. The summed E-state index contributed by atoms with van der Waals surface area (Å²) >= 11 is 0. The first kappa shape index (κ1) is 16.6. The van der Waals surface area contributed by atoms with E-state index in [1.807, 2.05) is 24.0 Å². The maximum atomic E-state index is 13.1. The summed E-state index contributed by atoms with van der Waals surface area (Å²) in [7, 11) is 1.71. The average Bonchev–Trinajstić information content (AvgIpc) is 3.16. The predicted molar refractivity (Wildman–Crippen MR) is 99.9 cm³/mol. The number of benzene rings is 1. The number of aliphatic imine (C=N–C) groups is 1. The standard InChI is InChI=1S/C19H23N5O2/c1-12(2)11-24-17(25)15-16(21(4)19(24)26)20-18-22(9-10-23(15)18)14-8-6-5-7-13(14)3/h5-8,15-16H,1,9-11H2,2-4H3. The topological polar surface area (TPSA) is 59.5 Å². The van der Waals surface area contributed by atoms with Crippen molar-refractivity contribution in [1.82, 2.24) is 14.7 Å². The van der Waals surface area contributed by atoms with E-state index in [-0.39, 0.29) is 18.5 Å². The van der Waals surface area contributed by atoms with Crippen LogP contribution < -0.4 is 4.90 Å². The predicted octanol–water partition coefficient (Wildman–Crippen LogP) is 1.65. The highest BCUT2D eigenvalue weighted by Crippen LogP contribution is 2.34. The summed E-state index contributed by atoms with van der Waals surface area (Å²) in [6.07, 6.45) is -0.474. The molecular weight excluding hydrogens is 330 g/mol. The number of para-hydroxylation sites is 1. The molecule has 0 spiro atoms. The quantitative estimate of drug-likeness (QED) is 0.776. The molecule has 0 bridgehead atoms. The normalized spacial score (nSPS) is 24.8. The second-order valence-electron chi connectivity index (χ2n) is 7.19. The monoisotopic (exact) mass is 353 g/mol. The molecule has 0 saturated carbocycles. The summed E-state index contributed by atoms with van der Waals surface area (Å²) in [5, 5.41) is 0. The van der Waals surface area contributed by atoms with Crippen LogP contribution in [0.25, 0.3) is 0 Å².